The number of thiocarbonyl (C=S) groups is 1. The second-order valence-corrected chi connectivity index (χ2v) is 8.10. The molecule has 0 fully saturated rings. The molecule has 1 aromatic carbocycles. The highest BCUT2D eigenvalue weighted by atomic mass is 32.1. The molecule has 28 heavy (non-hydrogen) atoms. The van der Waals surface area contributed by atoms with Crippen LogP contribution in [0.15, 0.2) is 46.6 Å². The minimum atomic E-state index is -0.0693. The van der Waals surface area contributed by atoms with Gasteiger partial charge < -0.3 is 19.9 Å². The fourth-order valence-electron chi connectivity index (χ4n) is 3.07. The molecule has 0 unspecified atom stereocenters. The zero-order valence-corrected chi connectivity index (χ0v) is 17.8. The van der Waals surface area contributed by atoms with Crippen molar-refractivity contribution in [3.8, 4) is 0 Å². The number of hydrogen-bond donors (Lipinski definition) is 2. The summed E-state index contributed by atoms with van der Waals surface area (Å²) in [5.74, 6) is 0. The maximum Gasteiger partial charge on any atom is 0.253 e. The van der Waals surface area contributed by atoms with E-state index in [0.29, 0.717) is 30.4 Å². The van der Waals surface area contributed by atoms with Gasteiger partial charge >= 0.3 is 0 Å². The molecule has 0 bridgehead atoms. The van der Waals surface area contributed by atoms with Gasteiger partial charge in [-0.15, -0.1) is 11.3 Å². The zero-order valence-electron chi connectivity index (χ0n) is 16.2. The first-order valence-electron chi connectivity index (χ1n) is 9.24. The van der Waals surface area contributed by atoms with E-state index in [9.17, 15) is 4.79 Å². The normalized spacial score (nSPS) is 10.9. The maximum atomic E-state index is 12.7. The highest BCUT2D eigenvalue weighted by Crippen LogP contribution is 2.18. The molecule has 2 aromatic heterocycles. The third-order valence-corrected chi connectivity index (χ3v) is 5.81. The summed E-state index contributed by atoms with van der Waals surface area (Å²) in [6, 6.07) is 12.1. The van der Waals surface area contributed by atoms with Gasteiger partial charge in [0.25, 0.3) is 5.56 Å². The van der Waals surface area contributed by atoms with Crippen molar-refractivity contribution in [2.45, 2.75) is 26.4 Å². The number of fused-ring (bicyclic) bond motifs is 1. The minimum Gasteiger partial charge on any atom is -0.385 e. The molecule has 0 atom stereocenters. The van der Waals surface area contributed by atoms with E-state index in [1.165, 1.54) is 4.88 Å². The van der Waals surface area contributed by atoms with E-state index in [0.717, 1.165) is 29.4 Å². The molecule has 0 saturated heterocycles. The number of thiophene rings is 1. The summed E-state index contributed by atoms with van der Waals surface area (Å²) in [7, 11) is 1.69. The summed E-state index contributed by atoms with van der Waals surface area (Å²) in [5, 5.41) is 7.01. The van der Waals surface area contributed by atoms with Crippen molar-refractivity contribution in [2.24, 2.45) is 0 Å². The molecule has 3 aromatic rings. The monoisotopic (exact) mass is 415 g/mol. The Morgan fingerprint density at radius 2 is 2.14 bits per heavy atom. The Balaban J connectivity index is 1.82. The van der Waals surface area contributed by atoms with Crippen LogP contribution in [0.2, 0.25) is 0 Å². The van der Waals surface area contributed by atoms with Crippen molar-refractivity contribution >= 4 is 39.6 Å². The number of benzene rings is 1. The average molecular weight is 416 g/mol. The zero-order chi connectivity index (χ0) is 19.9. The number of aromatic nitrogens is 1. The van der Waals surface area contributed by atoms with Crippen molar-refractivity contribution in [3.05, 3.63) is 68.1 Å². The van der Waals surface area contributed by atoms with E-state index in [2.05, 4.69) is 16.4 Å². The van der Waals surface area contributed by atoms with Crippen LogP contribution in [-0.2, 0) is 17.8 Å². The summed E-state index contributed by atoms with van der Waals surface area (Å²) in [6.45, 7) is 4.54. The van der Waals surface area contributed by atoms with Gasteiger partial charge in [-0.05, 0) is 54.0 Å². The molecule has 0 aliphatic heterocycles. The fraction of sp³-hybridized carbons (Fsp3) is 0.333. The fourth-order valence-corrected chi connectivity index (χ4v) is 4.02. The number of H-pyrrole nitrogens is 1. The highest BCUT2D eigenvalue weighted by molar-refractivity contribution is 7.80. The average Bonchev–Trinajstić information content (AvgIpc) is 3.19. The van der Waals surface area contributed by atoms with Crippen molar-refractivity contribution in [3.63, 3.8) is 0 Å². The molecular weight excluding hydrogens is 390 g/mol. The smallest absolute Gasteiger partial charge is 0.253 e. The first-order chi connectivity index (χ1) is 13.6. The number of ether oxygens (including phenoxy) is 1. The third kappa shape index (κ3) is 5.19. The van der Waals surface area contributed by atoms with Crippen LogP contribution in [0.5, 0.6) is 0 Å². The van der Waals surface area contributed by atoms with Gasteiger partial charge in [0.2, 0.25) is 0 Å². The number of nitrogens with zero attached hydrogens (tertiary/aromatic N) is 1. The third-order valence-electron chi connectivity index (χ3n) is 4.54. The van der Waals surface area contributed by atoms with Crippen LogP contribution in [0, 0.1) is 6.92 Å². The maximum absolute atomic E-state index is 12.7. The number of pyridine rings is 1. The van der Waals surface area contributed by atoms with Gasteiger partial charge in [0.15, 0.2) is 5.11 Å². The Morgan fingerprint density at radius 3 is 2.89 bits per heavy atom. The van der Waals surface area contributed by atoms with Gasteiger partial charge in [-0.2, -0.15) is 0 Å². The second kappa shape index (κ2) is 9.82. The Hall–Kier alpha value is -2.22. The second-order valence-electron chi connectivity index (χ2n) is 6.68. The molecule has 0 saturated carbocycles. The Bertz CT molecular complexity index is 983. The topological polar surface area (TPSA) is 57.4 Å². The van der Waals surface area contributed by atoms with Crippen LogP contribution in [0.1, 0.15) is 22.4 Å². The lowest BCUT2D eigenvalue weighted by Crippen LogP contribution is -2.40. The molecule has 0 radical (unpaired) electrons. The van der Waals surface area contributed by atoms with Crippen molar-refractivity contribution in [2.75, 3.05) is 20.3 Å². The predicted molar refractivity (Wildman–Crippen MR) is 120 cm³/mol. The van der Waals surface area contributed by atoms with Gasteiger partial charge in [0, 0.05) is 30.7 Å². The molecule has 2 heterocycles. The van der Waals surface area contributed by atoms with E-state index in [1.807, 2.05) is 47.5 Å². The summed E-state index contributed by atoms with van der Waals surface area (Å²) in [6.07, 6.45) is 0.874. The number of methoxy groups -OCH3 is 1. The number of aryl methyl sites for hydroxylation is 1. The van der Waals surface area contributed by atoms with Gasteiger partial charge in [-0.1, -0.05) is 24.3 Å². The van der Waals surface area contributed by atoms with Gasteiger partial charge in [-0.3, -0.25) is 4.79 Å². The number of para-hydroxylation sites is 1. The molecule has 5 nitrogen and oxygen atoms in total. The molecule has 2 N–H and O–H groups in total. The quantitative estimate of drug-likeness (QED) is 0.433. The van der Waals surface area contributed by atoms with Crippen LogP contribution < -0.4 is 10.9 Å². The van der Waals surface area contributed by atoms with Crippen LogP contribution in [-0.4, -0.2) is 35.3 Å². The summed E-state index contributed by atoms with van der Waals surface area (Å²) >= 11 is 7.31. The van der Waals surface area contributed by atoms with Gasteiger partial charge in [0.1, 0.15) is 0 Å². The molecule has 148 valence electrons. The van der Waals surface area contributed by atoms with Crippen LogP contribution in [0.3, 0.4) is 0 Å². The van der Waals surface area contributed by atoms with E-state index >= 15 is 0 Å². The summed E-state index contributed by atoms with van der Waals surface area (Å²) < 4.78 is 5.09. The lowest BCUT2D eigenvalue weighted by molar-refractivity contribution is 0.195. The molecule has 0 aliphatic carbocycles. The molecule has 3 rings (SSSR count). The standard InChI is InChI=1S/C21H25N3O2S2/c1-15-6-3-7-16-12-17(20(25)23-19(15)16)13-24(14-18-8-4-11-28-18)21(27)22-9-5-10-26-2/h3-4,6-8,11-12H,5,9-10,13-14H2,1-2H3,(H,22,27)(H,23,25). The first kappa shape index (κ1) is 20.5. The summed E-state index contributed by atoms with van der Waals surface area (Å²) in [4.78, 5) is 19.0. The number of hydrogen-bond acceptors (Lipinski definition) is 4. The molecule has 0 aliphatic rings. The Labute approximate surface area is 174 Å². The lowest BCUT2D eigenvalue weighted by Gasteiger charge is -2.25. The number of nitrogens with one attached hydrogen (secondary N) is 2. The minimum absolute atomic E-state index is 0.0693. The van der Waals surface area contributed by atoms with E-state index < -0.39 is 0 Å². The largest absolute Gasteiger partial charge is 0.385 e. The first-order valence-corrected chi connectivity index (χ1v) is 10.5. The molecule has 0 amide bonds. The SMILES string of the molecule is COCCCNC(=S)N(Cc1cccs1)Cc1cc2cccc(C)c2[nH]c1=O. The highest BCUT2D eigenvalue weighted by Gasteiger charge is 2.14. The van der Waals surface area contributed by atoms with Crippen molar-refractivity contribution < 1.29 is 4.74 Å². The van der Waals surface area contributed by atoms with Crippen molar-refractivity contribution in [1.82, 2.24) is 15.2 Å². The van der Waals surface area contributed by atoms with E-state index in [4.69, 9.17) is 17.0 Å². The van der Waals surface area contributed by atoms with Crippen LogP contribution in [0.4, 0.5) is 0 Å². The van der Waals surface area contributed by atoms with E-state index in [1.54, 1.807) is 18.4 Å². The Morgan fingerprint density at radius 1 is 1.29 bits per heavy atom. The van der Waals surface area contributed by atoms with Crippen molar-refractivity contribution in [1.29, 1.82) is 0 Å². The lowest BCUT2D eigenvalue weighted by atomic mass is 10.1. The van der Waals surface area contributed by atoms with Crippen LogP contribution in [0.25, 0.3) is 10.9 Å². The van der Waals surface area contributed by atoms with Gasteiger partial charge in [0.05, 0.1) is 18.6 Å². The summed E-state index contributed by atoms with van der Waals surface area (Å²) in [5.41, 5.74) is 2.59. The van der Waals surface area contributed by atoms with Gasteiger partial charge in [-0.25, -0.2) is 0 Å². The molecule has 7 heteroatoms. The number of rotatable bonds is 8. The van der Waals surface area contributed by atoms with E-state index in [-0.39, 0.29) is 5.56 Å². The Kier molecular flexibility index (Phi) is 7.19. The predicted octanol–water partition coefficient (Wildman–Crippen LogP) is 3.81. The van der Waals surface area contributed by atoms with Crippen LogP contribution >= 0.6 is 23.6 Å². The molecule has 0 spiro atoms. The number of aromatic amines is 1. The molecular formula is C21H25N3O2S2.